The molecule has 4 N–H and O–H groups in total. The lowest BCUT2D eigenvalue weighted by Gasteiger charge is -2.33. The number of carbonyl (C=O) groups is 1. The lowest BCUT2D eigenvalue weighted by atomic mass is 10.2. The van der Waals surface area contributed by atoms with Crippen molar-refractivity contribution >= 4 is 17.4 Å². The van der Waals surface area contributed by atoms with E-state index in [-0.39, 0.29) is 42.1 Å². The molecule has 0 spiro atoms. The van der Waals surface area contributed by atoms with Crippen LogP contribution in [0, 0.1) is 5.92 Å². The molecule has 1 aliphatic rings. The largest absolute Gasteiger partial charge is 0.383 e. The topological polar surface area (TPSA) is 115 Å². The molecule has 0 unspecified atom stereocenters. The van der Waals surface area contributed by atoms with Crippen LogP contribution in [0.2, 0.25) is 0 Å². The number of aromatic nitrogens is 2. The quantitative estimate of drug-likeness (QED) is 0.539. The molecular formula is C20H36N5O4+. The number of anilines is 2. The Bertz CT molecular complexity index is 806. The van der Waals surface area contributed by atoms with Gasteiger partial charge in [0.1, 0.15) is 31.1 Å². The molecule has 9 nitrogen and oxygen atoms in total. The Hall–Kier alpha value is -2.13. The first-order valence-corrected chi connectivity index (χ1v) is 10.6. The fourth-order valence-electron chi connectivity index (χ4n) is 3.90. The molecule has 1 aromatic heterocycles. The van der Waals surface area contributed by atoms with Gasteiger partial charge in [0.05, 0.1) is 0 Å². The predicted octanol–water partition coefficient (Wildman–Crippen LogP) is -0.400. The van der Waals surface area contributed by atoms with Gasteiger partial charge in [-0.2, -0.15) is 0 Å². The summed E-state index contributed by atoms with van der Waals surface area (Å²) in [4.78, 5) is 43.0. The highest BCUT2D eigenvalue weighted by Gasteiger charge is 2.31. The summed E-state index contributed by atoms with van der Waals surface area (Å²) in [5.74, 6) is 0.0478. The number of nitrogens with one attached hydrogen (secondary N) is 2. The number of hydrogen-bond acceptors (Lipinski definition) is 5. The molecule has 1 fully saturated rings. The number of nitrogen functional groups attached to an aromatic ring is 1. The number of nitrogens with two attached hydrogens (primary N) is 1. The minimum Gasteiger partial charge on any atom is -0.383 e. The van der Waals surface area contributed by atoms with Gasteiger partial charge in [-0.25, -0.2) is 4.79 Å². The molecule has 1 saturated heterocycles. The summed E-state index contributed by atoms with van der Waals surface area (Å²) < 4.78 is 7.10. The molecule has 9 heteroatoms. The number of ether oxygens (including phenoxy) is 1. The summed E-state index contributed by atoms with van der Waals surface area (Å²) in [6, 6.07) is 0. The first-order chi connectivity index (χ1) is 13.6. The van der Waals surface area contributed by atoms with Crippen LogP contribution in [0.25, 0.3) is 0 Å². The minimum atomic E-state index is -0.615. The van der Waals surface area contributed by atoms with E-state index in [1.807, 2.05) is 34.6 Å². The Balaban J connectivity index is 2.37. The Labute approximate surface area is 171 Å². The van der Waals surface area contributed by atoms with Gasteiger partial charge in [-0.3, -0.25) is 24.0 Å². The van der Waals surface area contributed by atoms with Gasteiger partial charge in [0, 0.05) is 13.1 Å². The lowest BCUT2D eigenvalue weighted by Crippen LogP contribution is -3.16. The van der Waals surface area contributed by atoms with E-state index >= 15 is 0 Å². The number of hydrogen-bond donors (Lipinski definition) is 3. The van der Waals surface area contributed by atoms with E-state index in [1.54, 1.807) is 0 Å². The van der Waals surface area contributed by atoms with Crippen molar-refractivity contribution in [1.29, 1.82) is 0 Å². The zero-order valence-corrected chi connectivity index (χ0v) is 18.3. The number of amides is 1. The highest BCUT2D eigenvalue weighted by Crippen LogP contribution is 2.18. The number of carbonyl (C=O) groups excluding carboxylic acids is 1. The molecule has 2 heterocycles. The normalized spacial score (nSPS) is 22.1. The third-order valence-electron chi connectivity index (χ3n) is 5.09. The van der Waals surface area contributed by atoms with Crippen LogP contribution in [0.5, 0.6) is 0 Å². The summed E-state index contributed by atoms with van der Waals surface area (Å²) in [6.07, 6.45) is 1.75. The lowest BCUT2D eigenvalue weighted by molar-refractivity contribution is -0.907. The number of rotatable bonds is 8. The number of morpholine rings is 1. The third kappa shape index (κ3) is 5.93. The van der Waals surface area contributed by atoms with E-state index < -0.39 is 11.2 Å². The maximum Gasteiger partial charge on any atom is 0.330 e. The summed E-state index contributed by atoms with van der Waals surface area (Å²) in [6.45, 7) is 12.4. The fraction of sp³-hybridized carbons (Fsp3) is 0.750. The summed E-state index contributed by atoms with van der Waals surface area (Å²) >= 11 is 0. The first kappa shape index (κ1) is 23.2. The number of nitrogens with zero attached hydrogens (tertiary/aromatic N) is 2. The van der Waals surface area contributed by atoms with Crippen molar-refractivity contribution in [2.75, 3.05) is 36.8 Å². The second kappa shape index (κ2) is 10.1. The predicted molar refractivity (Wildman–Crippen MR) is 113 cm³/mol. The number of unbranched alkanes of at least 4 members (excludes halogenated alkanes) is 1. The zero-order valence-electron chi connectivity index (χ0n) is 18.3. The van der Waals surface area contributed by atoms with Crippen LogP contribution >= 0.6 is 0 Å². The van der Waals surface area contributed by atoms with Gasteiger partial charge in [-0.1, -0.05) is 27.2 Å². The Kier molecular flexibility index (Phi) is 8.04. The van der Waals surface area contributed by atoms with Crippen LogP contribution < -0.4 is 26.8 Å². The minimum absolute atomic E-state index is 0.0515. The average Bonchev–Trinajstić information content (AvgIpc) is 2.60. The van der Waals surface area contributed by atoms with Crippen molar-refractivity contribution in [2.45, 2.75) is 66.2 Å². The molecule has 0 saturated carbocycles. The van der Waals surface area contributed by atoms with Crippen LogP contribution in [0.1, 0.15) is 47.5 Å². The van der Waals surface area contributed by atoms with Gasteiger partial charge in [0.25, 0.3) is 11.5 Å². The standard InChI is InChI=1S/C20H35N5O4/c1-6-7-8-24(16(26)12-23-10-14(4)29-15(5)11-23)17-18(21)25(9-13(2)3)20(28)22-19(17)27/h13-15H,6-12,21H2,1-5H3,(H,22,27,28)/p+1/t14-,15-/m1/s1. The summed E-state index contributed by atoms with van der Waals surface area (Å²) in [5.41, 5.74) is 5.16. The smallest absolute Gasteiger partial charge is 0.330 e. The Morgan fingerprint density at radius 1 is 1.31 bits per heavy atom. The summed E-state index contributed by atoms with van der Waals surface area (Å²) in [7, 11) is 0. The monoisotopic (exact) mass is 410 g/mol. The SMILES string of the molecule is CCCCN(C(=O)C[NH+]1C[C@@H](C)O[C@H](C)C1)c1c(N)n(CC(C)C)c(=O)[nH]c1=O. The van der Waals surface area contributed by atoms with Gasteiger partial charge in [0.2, 0.25) is 0 Å². The van der Waals surface area contributed by atoms with Crippen molar-refractivity contribution in [3.05, 3.63) is 20.8 Å². The molecule has 2 rings (SSSR count). The molecule has 0 aliphatic carbocycles. The fourth-order valence-corrected chi connectivity index (χ4v) is 3.90. The average molecular weight is 411 g/mol. The highest BCUT2D eigenvalue weighted by atomic mass is 16.5. The molecule has 1 aromatic rings. The Morgan fingerprint density at radius 3 is 2.48 bits per heavy atom. The molecular weight excluding hydrogens is 374 g/mol. The molecule has 0 aromatic carbocycles. The van der Waals surface area contributed by atoms with Gasteiger partial charge in [-0.15, -0.1) is 0 Å². The van der Waals surface area contributed by atoms with E-state index in [9.17, 15) is 14.4 Å². The molecule has 29 heavy (non-hydrogen) atoms. The number of aromatic amines is 1. The molecule has 0 bridgehead atoms. The maximum absolute atomic E-state index is 13.2. The summed E-state index contributed by atoms with van der Waals surface area (Å²) in [5, 5.41) is 0. The molecule has 1 aliphatic heterocycles. The molecule has 1 amide bonds. The van der Waals surface area contributed by atoms with Crippen LogP contribution in [-0.2, 0) is 16.1 Å². The maximum atomic E-state index is 13.2. The van der Waals surface area contributed by atoms with Crippen LogP contribution in [0.4, 0.5) is 11.5 Å². The molecule has 0 radical (unpaired) electrons. The number of H-pyrrole nitrogens is 1. The number of quaternary nitrogens is 1. The Morgan fingerprint density at radius 2 is 1.93 bits per heavy atom. The highest BCUT2D eigenvalue weighted by molar-refractivity contribution is 5.96. The zero-order chi connectivity index (χ0) is 21.7. The van der Waals surface area contributed by atoms with Gasteiger partial charge < -0.3 is 15.4 Å². The van der Waals surface area contributed by atoms with Crippen molar-refractivity contribution in [3.63, 3.8) is 0 Å². The van der Waals surface area contributed by atoms with E-state index in [4.69, 9.17) is 10.5 Å². The van der Waals surface area contributed by atoms with Crippen molar-refractivity contribution in [2.24, 2.45) is 5.92 Å². The van der Waals surface area contributed by atoms with Crippen LogP contribution in [0.15, 0.2) is 9.59 Å². The van der Waals surface area contributed by atoms with Crippen molar-refractivity contribution in [3.8, 4) is 0 Å². The van der Waals surface area contributed by atoms with Gasteiger partial charge in [0.15, 0.2) is 12.2 Å². The van der Waals surface area contributed by atoms with E-state index in [2.05, 4.69) is 4.98 Å². The third-order valence-corrected chi connectivity index (χ3v) is 5.09. The van der Waals surface area contributed by atoms with Crippen molar-refractivity contribution in [1.82, 2.24) is 9.55 Å². The van der Waals surface area contributed by atoms with Crippen LogP contribution in [0.3, 0.4) is 0 Å². The van der Waals surface area contributed by atoms with E-state index in [1.165, 1.54) is 9.47 Å². The van der Waals surface area contributed by atoms with Gasteiger partial charge >= 0.3 is 5.69 Å². The first-order valence-electron chi connectivity index (χ1n) is 10.6. The van der Waals surface area contributed by atoms with E-state index in [0.717, 1.165) is 30.8 Å². The molecule has 2 atom stereocenters. The van der Waals surface area contributed by atoms with Crippen molar-refractivity contribution < 1.29 is 14.4 Å². The second-order valence-electron chi connectivity index (χ2n) is 8.49. The molecule has 164 valence electrons. The second-order valence-corrected chi connectivity index (χ2v) is 8.49. The van der Waals surface area contributed by atoms with Gasteiger partial charge in [-0.05, 0) is 26.2 Å². The van der Waals surface area contributed by atoms with Crippen LogP contribution in [-0.4, -0.2) is 53.8 Å². The van der Waals surface area contributed by atoms with E-state index in [0.29, 0.717) is 13.1 Å².